The van der Waals surface area contributed by atoms with Crippen molar-refractivity contribution in [1.29, 1.82) is 0 Å². The van der Waals surface area contributed by atoms with Crippen LogP contribution in [0.2, 0.25) is 0 Å². The van der Waals surface area contributed by atoms with Gasteiger partial charge in [0, 0.05) is 19.3 Å². The number of ether oxygens (including phenoxy) is 1. The van der Waals surface area contributed by atoms with E-state index in [9.17, 15) is 0 Å². The molecule has 1 aromatic rings. The molecule has 1 aromatic heterocycles. The van der Waals surface area contributed by atoms with E-state index < -0.39 is 0 Å². The van der Waals surface area contributed by atoms with Crippen molar-refractivity contribution in [2.24, 2.45) is 0 Å². The van der Waals surface area contributed by atoms with Crippen LogP contribution in [0.25, 0.3) is 0 Å². The Balaban J connectivity index is 1.65. The monoisotopic (exact) mass is 302 g/mol. The van der Waals surface area contributed by atoms with Gasteiger partial charge < -0.3 is 10.1 Å². The Morgan fingerprint density at radius 1 is 1.36 bits per heavy atom. The first kappa shape index (κ1) is 17.0. The molecule has 1 N–H and O–H groups in total. The first-order valence-corrected chi connectivity index (χ1v) is 8.61. The topological polar surface area (TPSA) is 34.2 Å². The van der Waals surface area contributed by atoms with Crippen molar-refractivity contribution in [3.63, 3.8) is 0 Å². The van der Waals surface area contributed by atoms with Crippen molar-refractivity contribution in [3.8, 4) is 0 Å². The lowest BCUT2D eigenvalue weighted by molar-refractivity contribution is 0.111. The lowest BCUT2D eigenvalue weighted by Gasteiger charge is -2.17. The van der Waals surface area contributed by atoms with Gasteiger partial charge in [-0.05, 0) is 69.9 Å². The van der Waals surface area contributed by atoms with Gasteiger partial charge in [-0.3, -0.25) is 0 Å². The second-order valence-corrected chi connectivity index (χ2v) is 6.38. The van der Waals surface area contributed by atoms with Gasteiger partial charge in [0.15, 0.2) is 0 Å². The van der Waals surface area contributed by atoms with Crippen LogP contribution in [0.4, 0.5) is 5.82 Å². The summed E-state index contributed by atoms with van der Waals surface area (Å²) < 4.78 is 5.27. The van der Waals surface area contributed by atoms with Gasteiger partial charge in [0.1, 0.15) is 5.82 Å². The molecule has 0 saturated carbocycles. The molecule has 0 aliphatic carbocycles. The summed E-state index contributed by atoms with van der Waals surface area (Å²) in [6.07, 6.45) is 9.45. The summed E-state index contributed by atoms with van der Waals surface area (Å²) in [5.41, 5.74) is 3.94. The fraction of sp³-hybridized carbons (Fsp3) is 0.632. The summed E-state index contributed by atoms with van der Waals surface area (Å²) in [7, 11) is 1.77. The van der Waals surface area contributed by atoms with Crippen molar-refractivity contribution < 1.29 is 4.74 Å². The third-order valence-corrected chi connectivity index (χ3v) is 4.47. The van der Waals surface area contributed by atoms with E-state index in [0.717, 1.165) is 44.5 Å². The highest BCUT2D eigenvalue weighted by atomic mass is 16.5. The average molecular weight is 302 g/mol. The van der Waals surface area contributed by atoms with Gasteiger partial charge >= 0.3 is 0 Å². The molecule has 0 bridgehead atoms. The first-order chi connectivity index (χ1) is 10.7. The highest BCUT2D eigenvalue weighted by Crippen LogP contribution is 2.21. The van der Waals surface area contributed by atoms with Gasteiger partial charge in [-0.2, -0.15) is 0 Å². The molecule has 0 spiro atoms. The molecule has 1 aliphatic heterocycles. The van der Waals surface area contributed by atoms with E-state index in [2.05, 4.69) is 31.0 Å². The summed E-state index contributed by atoms with van der Waals surface area (Å²) in [6.45, 7) is 7.35. The van der Waals surface area contributed by atoms with Crippen LogP contribution in [-0.4, -0.2) is 24.7 Å². The van der Waals surface area contributed by atoms with Crippen molar-refractivity contribution in [3.05, 3.63) is 35.5 Å². The zero-order valence-electron chi connectivity index (χ0n) is 14.2. The van der Waals surface area contributed by atoms with Crippen LogP contribution in [0.1, 0.15) is 56.7 Å². The maximum atomic E-state index is 5.27. The lowest BCUT2D eigenvalue weighted by Crippen LogP contribution is -2.13. The largest absolute Gasteiger partial charge is 0.382 e. The zero-order valence-corrected chi connectivity index (χ0v) is 14.2. The maximum Gasteiger partial charge on any atom is 0.129 e. The summed E-state index contributed by atoms with van der Waals surface area (Å²) in [5.74, 6) is 1.11. The highest BCUT2D eigenvalue weighted by molar-refractivity contribution is 5.46. The minimum absolute atomic E-state index is 0.337. The number of hydrogen-bond acceptors (Lipinski definition) is 3. The standard InChI is InChI=1S/C19H30N2O/c1-15(10-11-16(2)22-3)7-4-5-9-18-13-12-17-8-6-14-20-19(17)21-18/h12-13,16H,1,4-11,14H2,2-3H3,(H,20,21)/t16-/m1/s1. The Hall–Kier alpha value is -1.35. The van der Waals surface area contributed by atoms with Gasteiger partial charge in [0.25, 0.3) is 0 Å². The molecule has 2 heterocycles. The number of rotatable bonds is 9. The SMILES string of the molecule is C=C(CCCCc1ccc2c(n1)NCCC2)CC[C@@H](C)OC. The van der Waals surface area contributed by atoms with E-state index in [-0.39, 0.29) is 0 Å². The Bertz CT molecular complexity index is 484. The van der Waals surface area contributed by atoms with Crippen molar-refractivity contribution in [2.75, 3.05) is 19.0 Å². The van der Waals surface area contributed by atoms with E-state index in [0.29, 0.717) is 6.10 Å². The number of allylic oxidation sites excluding steroid dienone is 1. The van der Waals surface area contributed by atoms with Crippen LogP contribution in [0.3, 0.4) is 0 Å². The van der Waals surface area contributed by atoms with Crippen molar-refractivity contribution >= 4 is 5.82 Å². The molecule has 3 heteroatoms. The van der Waals surface area contributed by atoms with Gasteiger partial charge in [-0.1, -0.05) is 18.2 Å². The predicted molar refractivity (Wildman–Crippen MR) is 93.4 cm³/mol. The molecule has 3 nitrogen and oxygen atoms in total. The molecule has 0 fully saturated rings. The molecule has 0 aromatic carbocycles. The number of fused-ring (bicyclic) bond motifs is 1. The van der Waals surface area contributed by atoms with E-state index in [4.69, 9.17) is 9.72 Å². The number of pyridine rings is 1. The third-order valence-electron chi connectivity index (χ3n) is 4.47. The quantitative estimate of drug-likeness (QED) is 0.538. The Morgan fingerprint density at radius 2 is 2.23 bits per heavy atom. The number of anilines is 1. The van der Waals surface area contributed by atoms with Crippen LogP contribution in [-0.2, 0) is 17.6 Å². The number of unbranched alkanes of at least 4 members (excludes halogenated alkanes) is 1. The fourth-order valence-electron chi connectivity index (χ4n) is 2.84. The van der Waals surface area contributed by atoms with E-state index in [1.807, 2.05) is 0 Å². The van der Waals surface area contributed by atoms with E-state index in [1.165, 1.54) is 36.1 Å². The molecule has 0 saturated heterocycles. The molecule has 22 heavy (non-hydrogen) atoms. The predicted octanol–water partition coefficient (Wildman–Crippen LogP) is 4.52. The normalized spacial score (nSPS) is 15.0. The average Bonchev–Trinajstić information content (AvgIpc) is 2.56. The summed E-state index contributed by atoms with van der Waals surface area (Å²) in [4.78, 5) is 4.75. The zero-order chi connectivity index (χ0) is 15.8. The van der Waals surface area contributed by atoms with Crippen LogP contribution in [0, 0.1) is 0 Å². The number of aryl methyl sites for hydroxylation is 2. The van der Waals surface area contributed by atoms with Crippen molar-refractivity contribution in [1.82, 2.24) is 4.98 Å². The minimum atomic E-state index is 0.337. The van der Waals surface area contributed by atoms with Crippen LogP contribution < -0.4 is 5.32 Å². The molecule has 122 valence electrons. The number of nitrogens with zero attached hydrogens (tertiary/aromatic N) is 1. The molecule has 0 amide bonds. The summed E-state index contributed by atoms with van der Waals surface area (Å²) >= 11 is 0. The maximum absolute atomic E-state index is 5.27. The molecule has 1 aliphatic rings. The smallest absolute Gasteiger partial charge is 0.129 e. The number of hydrogen-bond donors (Lipinski definition) is 1. The third kappa shape index (κ3) is 5.45. The number of aromatic nitrogens is 1. The summed E-state index contributed by atoms with van der Waals surface area (Å²) in [6, 6.07) is 4.44. The first-order valence-electron chi connectivity index (χ1n) is 8.61. The van der Waals surface area contributed by atoms with Crippen LogP contribution in [0.15, 0.2) is 24.3 Å². The Kier molecular flexibility index (Phi) is 6.91. The van der Waals surface area contributed by atoms with Gasteiger partial charge in [0.2, 0.25) is 0 Å². The fourth-order valence-corrected chi connectivity index (χ4v) is 2.84. The second-order valence-electron chi connectivity index (χ2n) is 6.38. The lowest BCUT2D eigenvalue weighted by atomic mass is 10.0. The molecular formula is C19H30N2O. The van der Waals surface area contributed by atoms with Crippen molar-refractivity contribution in [2.45, 2.75) is 64.4 Å². The van der Waals surface area contributed by atoms with Gasteiger partial charge in [-0.25, -0.2) is 4.98 Å². The van der Waals surface area contributed by atoms with Crippen LogP contribution >= 0.6 is 0 Å². The second kappa shape index (κ2) is 8.94. The van der Waals surface area contributed by atoms with Gasteiger partial charge in [-0.15, -0.1) is 0 Å². The number of nitrogens with one attached hydrogen (secondary N) is 1. The van der Waals surface area contributed by atoms with Crippen LogP contribution in [0.5, 0.6) is 0 Å². The highest BCUT2D eigenvalue weighted by Gasteiger charge is 2.10. The molecule has 1 atom stereocenters. The molecule has 0 unspecified atom stereocenters. The number of methoxy groups -OCH3 is 1. The molecule has 2 rings (SSSR count). The van der Waals surface area contributed by atoms with E-state index >= 15 is 0 Å². The molecule has 0 radical (unpaired) electrons. The van der Waals surface area contributed by atoms with E-state index in [1.54, 1.807) is 7.11 Å². The Morgan fingerprint density at radius 3 is 3.05 bits per heavy atom. The van der Waals surface area contributed by atoms with Gasteiger partial charge in [0.05, 0.1) is 6.10 Å². The molecular weight excluding hydrogens is 272 g/mol. The Labute approximate surface area is 135 Å². The minimum Gasteiger partial charge on any atom is -0.382 e. The summed E-state index contributed by atoms with van der Waals surface area (Å²) in [5, 5.41) is 3.41.